The monoisotopic (exact) mass is 269 g/mol. The van der Waals surface area contributed by atoms with Gasteiger partial charge in [0, 0.05) is 18.2 Å². The molecule has 0 bridgehead atoms. The minimum absolute atomic E-state index is 0.0354. The highest BCUT2D eigenvalue weighted by Gasteiger charge is 2.47. The third-order valence-electron chi connectivity index (χ3n) is 3.22. The molecule has 18 heavy (non-hydrogen) atoms. The van der Waals surface area contributed by atoms with E-state index in [0.29, 0.717) is 16.5 Å². The predicted octanol–water partition coefficient (Wildman–Crippen LogP) is 3.65. The summed E-state index contributed by atoms with van der Waals surface area (Å²) in [5, 5.41) is 0.574. The molecule has 1 aliphatic heterocycles. The van der Waals surface area contributed by atoms with Crippen LogP contribution < -0.4 is 10.5 Å². The second-order valence-electron chi connectivity index (χ2n) is 5.97. The third kappa shape index (κ3) is 2.73. The average molecular weight is 270 g/mol. The molecule has 100 valence electrons. The molecule has 1 aliphatic rings. The van der Waals surface area contributed by atoms with Crippen LogP contribution in [-0.4, -0.2) is 17.3 Å². The predicted molar refractivity (Wildman–Crippen MR) is 74.1 cm³/mol. The Morgan fingerprint density at radius 2 is 2.00 bits per heavy atom. The molecule has 2 rings (SSSR count). The van der Waals surface area contributed by atoms with E-state index in [2.05, 4.69) is 13.8 Å². The van der Waals surface area contributed by atoms with Gasteiger partial charge in [-0.2, -0.15) is 0 Å². The second kappa shape index (κ2) is 4.32. The Balaban J connectivity index is 2.21. The normalized spacial score (nSPS) is 25.1. The lowest BCUT2D eigenvalue weighted by molar-refractivity contribution is -0.0845. The molecule has 1 aromatic rings. The number of anilines is 1. The van der Waals surface area contributed by atoms with E-state index < -0.39 is 0 Å². The van der Waals surface area contributed by atoms with Gasteiger partial charge in [0.1, 0.15) is 17.5 Å². The molecule has 0 aromatic heterocycles. The molecule has 1 aromatic carbocycles. The average Bonchev–Trinajstić information content (AvgIpc) is 2.40. The van der Waals surface area contributed by atoms with E-state index in [-0.39, 0.29) is 17.3 Å². The summed E-state index contributed by atoms with van der Waals surface area (Å²) in [5.74, 6) is 0.621. The molecule has 0 amide bonds. The van der Waals surface area contributed by atoms with Gasteiger partial charge < -0.3 is 15.2 Å². The van der Waals surface area contributed by atoms with E-state index in [1.54, 1.807) is 18.2 Å². The molecule has 1 atom stereocenters. The van der Waals surface area contributed by atoms with Gasteiger partial charge in [-0.25, -0.2) is 0 Å². The molecule has 0 spiro atoms. The van der Waals surface area contributed by atoms with E-state index in [9.17, 15) is 0 Å². The summed E-state index contributed by atoms with van der Waals surface area (Å²) in [5.41, 5.74) is 5.88. The van der Waals surface area contributed by atoms with Gasteiger partial charge in [0.2, 0.25) is 0 Å². The molecular weight excluding hydrogens is 250 g/mol. The lowest BCUT2D eigenvalue weighted by Crippen LogP contribution is -2.36. The first-order valence-electron chi connectivity index (χ1n) is 6.11. The van der Waals surface area contributed by atoms with Crippen LogP contribution >= 0.6 is 11.6 Å². The van der Waals surface area contributed by atoms with Crippen LogP contribution in [0.2, 0.25) is 5.02 Å². The zero-order valence-electron chi connectivity index (χ0n) is 11.3. The Morgan fingerprint density at radius 1 is 1.33 bits per heavy atom. The third-order valence-corrected chi connectivity index (χ3v) is 3.53. The van der Waals surface area contributed by atoms with Gasteiger partial charge in [0.15, 0.2) is 0 Å². The first kappa shape index (κ1) is 13.5. The molecule has 4 heteroatoms. The minimum Gasteiger partial charge on any atom is -0.486 e. The van der Waals surface area contributed by atoms with E-state index in [4.69, 9.17) is 26.8 Å². The lowest BCUT2D eigenvalue weighted by Gasteiger charge is -2.27. The maximum Gasteiger partial charge on any atom is 0.140 e. The zero-order chi connectivity index (χ0) is 13.6. The highest BCUT2D eigenvalue weighted by atomic mass is 35.5. The molecule has 2 N–H and O–H groups in total. The first-order valence-corrected chi connectivity index (χ1v) is 6.49. The number of hydrogen-bond acceptors (Lipinski definition) is 3. The van der Waals surface area contributed by atoms with Crippen molar-refractivity contribution in [3.8, 4) is 5.75 Å². The summed E-state index contributed by atoms with van der Waals surface area (Å²) in [6, 6.07) is 5.26. The van der Waals surface area contributed by atoms with Crippen LogP contribution in [0.3, 0.4) is 0 Å². The maximum absolute atomic E-state index is 6.12. The molecule has 1 fully saturated rings. The van der Waals surface area contributed by atoms with Crippen molar-refractivity contribution in [1.29, 1.82) is 0 Å². The molecular formula is C14H20ClNO2. The lowest BCUT2D eigenvalue weighted by atomic mass is 9.97. The number of ether oxygens (including phenoxy) is 2. The van der Waals surface area contributed by atoms with E-state index in [0.717, 1.165) is 6.42 Å². The molecule has 1 unspecified atom stereocenters. The zero-order valence-corrected chi connectivity index (χ0v) is 12.0. The van der Waals surface area contributed by atoms with Gasteiger partial charge in [0.05, 0.1) is 10.6 Å². The quantitative estimate of drug-likeness (QED) is 0.834. The molecule has 0 radical (unpaired) electrons. The van der Waals surface area contributed by atoms with E-state index in [1.165, 1.54) is 0 Å². The summed E-state index contributed by atoms with van der Waals surface area (Å²) in [6.45, 7) is 8.21. The van der Waals surface area contributed by atoms with Gasteiger partial charge in [-0.15, -0.1) is 0 Å². The van der Waals surface area contributed by atoms with Crippen LogP contribution in [0.5, 0.6) is 5.75 Å². The number of halogens is 1. The molecule has 0 saturated carbocycles. The van der Waals surface area contributed by atoms with Crippen molar-refractivity contribution >= 4 is 17.3 Å². The van der Waals surface area contributed by atoms with Crippen LogP contribution in [0, 0.1) is 0 Å². The molecule has 1 saturated heterocycles. The number of hydrogen-bond donors (Lipinski definition) is 1. The van der Waals surface area contributed by atoms with E-state index in [1.807, 2.05) is 13.8 Å². The Kier molecular flexibility index (Phi) is 3.24. The Morgan fingerprint density at radius 3 is 2.56 bits per heavy atom. The molecule has 1 heterocycles. The SMILES string of the molecule is CC1(C)CC(Oc2cc(N)ccc2Cl)C(C)(C)O1. The van der Waals surface area contributed by atoms with Gasteiger partial charge in [-0.3, -0.25) is 0 Å². The Hall–Kier alpha value is -0.930. The fourth-order valence-electron chi connectivity index (χ4n) is 2.46. The number of nitrogen functional groups attached to an aromatic ring is 1. The fraction of sp³-hybridized carbons (Fsp3) is 0.571. The van der Waals surface area contributed by atoms with Crippen LogP contribution in [-0.2, 0) is 4.74 Å². The van der Waals surface area contributed by atoms with E-state index >= 15 is 0 Å². The van der Waals surface area contributed by atoms with Crippen molar-refractivity contribution in [1.82, 2.24) is 0 Å². The van der Waals surface area contributed by atoms with Crippen molar-refractivity contribution in [2.75, 3.05) is 5.73 Å². The van der Waals surface area contributed by atoms with Crippen molar-refractivity contribution in [2.45, 2.75) is 51.4 Å². The van der Waals surface area contributed by atoms with Crippen molar-refractivity contribution in [2.24, 2.45) is 0 Å². The summed E-state index contributed by atoms with van der Waals surface area (Å²) < 4.78 is 12.0. The smallest absolute Gasteiger partial charge is 0.140 e. The van der Waals surface area contributed by atoms with Crippen molar-refractivity contribution in [3.63, 3.8) is 0 Å². The van der Waals surface area contributed by atoms with Gasteiger partial charge in [0.25, 0.3) is 0 Å². The van der Waals surface area contributed by atoms with Crippen molar-refractivity contribution in [3.05, 3.63) is 23.2 Å². The van der Waals surface area contributed by atoms with Gasteiger partial charge in [-0.1, -0.05) is 11.6 Å². The Bertz CT molecular complexity index is 457. The van der Waals surface area contributed by atoms with Crippen LogP contribution in [0.1, 0.15) is 34.1 Å². The number of benzene rings is 1. The molecule has 3 nitrogen and oxygen atoms in total. The standard InChI is InChI=1S/C14H20ClNO2/c1-13(2)8-12(14(3,4)18-13)17-11-7-9(16)5-6-10(11)15/h5-7,12H,8,16H2,1-4H3. The van der Waals surface area contributed by atoms with Crippen LogP contribution in [0.4, 0.5) is 5.69 Å². The first-order chi connectivity index (χ1) is 8.20. The van der Waals surface area contributed by atoms with Crippen molar-refractivity contribution < 1.29 is 9.47 Å². The van der Waals surface area contributed by atoms with Crippen LogP contribution in [0.15, 0.2) is 18.2 Å². The minimum atomic E-state index is -0.336. The number of nitrogens with two attached hydrogens (primary N) is 1. The summed E-state index contributed by atoms with van der Waals surface area (Å²) in [4.78, 5) is 0. The van der Waals surface area contributed by atoms with Gasteiger partial charge >= 0.3 is 0 Å². The molecule has 0 aliphatic carbocycles. The maximum atomic E-state index is 6.12. The summed E-state index contributed by atoms with van der Waals surface area (Å²) in [7, 11) is 0. The summed E-state index contributed by atoms with van der Waals surface area (Å²) in [6.07, 6.45) is 0.789. The Labute approximate surface area is 113 Å². The highest BCUT2D eigenvalue weighted by molar-refractivity contribution is 6.32. The highest BCUT2D eigenvalue weighted by Crippen LogP contribution is 2.40. The number of rotatable bonds is 2. The van der Waals surface area contributed by atoms with Gasteiger partial charge in [-0.05, 0) is 39.8 Å². The topological polar surface area (TPSA) is 44.5 Å². The largest absolute Gasteiger partial charge is 0.486 e. The fourth-order valence-corrected chi connectivity index (χ4v) is 2.62. The summed E-state index contributed by atoms with van der Waals surface area (Å²) >= 11 is 6.12. The second-order valence-corrected chi connectivity index (χ2v) is 6.37. The van der Waals surface area contributed by atoms with Crippen LogP contribution in [0.25, 0.3) is 0 Å².